The highest BCUT2D eigenvalue weighted by molar-refractivity contribution is 5.41. The van der Waals surface area contributed by atoms with Crippen molar-refractivity contribution >= 4 is 11.9 Å². The van der Waals surface area contributed by atoms with Gasteiger partial charge in [0.2, 0.25) is 11.9 Å². The van der Waals surface area contributed by atoms with Gasteiger partial charge in [0.05, 0.1) is 13.2 Å². The van der Waals surface area contributed by atoms with Crippen LogP contribution in [-0.2, 0) is 9.68 Å². The van der Waals surface area contributed by atoms with Gasteiger partial charge in [-0.15, -0.1) is 0 Å². The minimum Gasteiger partial charge on any atom is -0.338 e. The van der Waals surface area contributed by atoms with E-state index < -0.39 is 0 Å². The predicted molar refractivity (Wildman–Crippen MR) is 229 cm³/mol. The van der Waals surface area contributed by atoms with Gasteiger partial charge in [-0.3, -0.25) is 9.68 Å². The molecule has 0 amide bonds. The zero-order valence-corrected chi connectivity index (χ0v) is 37.6. The number of unbranched alkanes of at least 4 members (excludes halogenated alkanes) is 12. The predicted octanol–water partition coefficient (Wildman–Crippen LogP) is 11.7. The first-order chi connectivity index (χ1) is 25.6. The normalized spacial score (nSPS) is 20.4. The second-order valence-electron chi connectivity index (χ2n) is 19.3. The lowest BCUT2D eigenvalue weighted by atomic mass is 9.78. The first-order valence-electron chi connectivity index (χ1n) is 22.7. The fraction of sp³-hybridized carbons (Fsp3) is 0.933. The molecule has 314 valence electrons. The average molecular weight is 758 g/mol. The number of hydroxylamine groups is 4. The van der Waals surface area contributed by atoms with Gasteiger partial charge in [0.25, 0.3) is 0 Å². The first-order valence-corrected chi connectivity index (χ1v) is 22.7. The minimum atomic E-state index is -0.121. The molecule has 2 aliphatic heterocycles. The quantitative estimate of drug-likeness (QED) is 0.0859. The molecule has 0 spiro atoms. The maximum atomic E-state index is 6.63. The molecule has 54 heavy (non-hydrogen) atoms. The van der Waals surface area contributed by atoms with Gasteiger partial charge in [0.15, 0.2) is 0 Å². The highest BCUT2D eigenvalue weighted by atomic mass is 16.7. The number of hydrogen-bond donors (Lipinski definition) is 0. The van der Waals surface area contributed by atoms with Gasteiger partial charge in [0, 0.05) is 47.3 Å². The Labute approximate surface area is 334 Å². The van der Waals surface area contributed by atoms with E-state index in [1.54, 1.807) is 6.33 Å². The Hall–Kier alpha value is -1.55. The van der Waals surface area contributed by atoms with Crippen LogP contribution in [0, 0.1) is 0 Å². The SMILES string of the molecule is CCCCCCCCON1C(C)(C)CC(N(CCCC)c2ncnc(N(CCCC)C3CC(C)(C)N(OCCCCCCCC)C(C)(C)C3)n2)CC1(C)C. The molecule has 0 unspecified atom stereocenters. The topological polar surface area (TPSA) is 70.1 Å². The van der Waals surface area contributed by atoms with Crippen molar-refractivity contribution in [2.75, 3.05) is 36.1 Å². The van der Waals surface area contributed by atoms with E-state index in [0.717, 1.165) is 102 Å². The van der Waals surface area contributed by atoms with Crippen LogP contribution in [0.15, 0.2) is 6.33 Å². The molecule has 0 bridgehead atoms. The zero-order chi connectivity index (χ0) is 39.8. The Bertz CT molecular complexity index is 1050. The monoisotopic (exact) mass is 758 g/mol. The van der Waals surface area contributed by atoms with Crippen LogP contribution in [0.2, 0.25) is 0 Å². The molecule has 2 aliphatic rings. The van der Waals surface area contributed by atoms with Crippen LogP contribution in [0.4, 0.5) is 11.9 Å². The summed E-state index contributed by atoms with van der Waals surface area (Å²) in [6.07, 6.45) is 25.6. The van der Waals surface area contributed by atoms with Crippen LogP contribution < -0.4 is 9.80 Å². The maximum Gasteiger partial charge on any atom is 0.230 e. The highest BCUT2D eigenvalue weighted by Crippen LogP contribution is 2.43. The largest absolute Gasteiger partial charge is 0.338 e. The summed E-state index contributed by atoms with van der Waals surface area (Å²) in [6, 6.07) is 0.611. The second kappa shape index (κ2) is 22.4. The third-order valence-electron chi connectivity index (χ3n) is 12.0. The summed E-state index contributed by atoms with van der Waals surface area (Å²) in [4.78, 5) is 33.5. The summed E-state index contributed by atoms with van der Waals surface area (Å²) in [5.74, 6) is 1.65. The van der Waals surface area contributed by atoms with Gasteiger partial charge >= 0.3 is 0 Å². The standard InChI is InChI=1S/C45H87N7O2/c1-13-17-21-23-25-27-31-53-51-42(5,6)33-38(34-43(51,7)8)49(29-19-15-3)40-46-37-47-41(48-40)50(30-20-16-4)39-35-44(9,10)52(45(11,12)36-39)54-32-28-26-24-22-18-14-2/h37-39H,13-36H2,1-12H3. The molecule has 9 heteroatoms. The van der Waals surface area contributed by atoms with Gasteiger partial charge < -0.3 is 9.80 Å². The van der Waals surface area contributed by atoms with Crippen molar-refractivity contribution in [3.8, 4) is 0 Å². The summed E-state index contributed by atoms with van der Waals surface area (Å²) >= 11 is 0. The Morgan fingerprint density at radius 1 is 0.500 bits per heavy atom. The molecule has 0 atom stereocenters. The molecular formula is C45H87N7O2. The first kappa shape index (κ1) is 46.8. The molecule has 1 aromatic heterocycles. The Morgan fingerprint density at radius 2 is 0.815 bits per heavy atom. The van der Waals surface area contributed by atoms with Crippen LogP contribution in [0.1, 0.15) is 212 Å². The Balaban J connectivity index is 1.80. The Morgan fingerprint density at radius 3 is 1.15 bits per heavy atom. The van der Waals surface area contributed by atoms with Crippen molar-refractivity contribution in [2.45, 2.75) is 246 Å². The number of hydrogen-bond acceptors (Lipinski definition) is 9. The van der Waals surface area contributed by atoms with E-state index in [0.29, 0.717) is 12.1 Å². The van der Waals surface area contributed by atoms with Gasteiger partial charge in [-0.05, 0) is 107 Å². The van der Waals surface area contributed by atoms with Crippen molar-refractivity contribution in [1.29, 1.82) is 0 Å². The molecule has 3 heterocycles. The van der Waals surface area contributed by atoms with E-state index in [1.165, 1.54) is 64.2 Å². The summed E-state index contributed by atoms with van der Waals surface area (Å²) in [5.41, 5.74) is -0.483. The van der Waals surface area contributed by atoms with Gasteiger partial charge in [-0.25, -0.2) is 9.97 Å². The fourth-order valence-electron chi connectivity index (χ4n) is 9.74. The van der Waals surface area contributed by atoms with Gasteiger partial charge in [0.1, 0.15) is 6.33 Å². The number of anilines is 2. The van der Waals surface area contributed by atoms with Crippen molar-refractivity contribution < 1.29 is 9.68 Å². The van der Waals surface area contributed by atoms with E-state index in [1.807, 2.05) is 0 Å². The zero-order valence-electron chi connectivity index (χ0n) is 37.6. The van der Waals surface area contributed by atoms with Crippen LogP contribution in [-0.4, -0.2) is 85.6 Å². The molecule has 0 N–H and O–H groups in total. The number of aromatic nitrogens is 3. The molecule has 0 aliphatic carbocycles. The third kappa shape index (κ3) is 13.8. The second-order valence-corrected chi connectivity index (χ2v) is 19.3. The molecular weight excluding hydrogens is 671 g/mol. The maximum absolute atomic E-state index is 6.63. The lowest BCUT2D eigenvalue weighted by molar-refractivity contribution is -0.283. The minimum absolute atomic E-state index is 0.121. The molecule has 2 fully saturated rings. The average Bonchev–Trinajstić information content (AvgIpc) is 3.09. The van der Waals surface area contributed by atoms with E-state index in [9.17, 15) is 0 Å². The van der Waals surface area contributed by atoms with Crippen LogP contribution in [0.5, 0.6) is 0 Å². The molecule has 0 aromatic carbocycles. The molecule has 1 aromatic rings. The van der Waals surface area contributed by atoms with Crippen LogP contribution in [0.3, 0.4) is 0 Å². The Kier molecular flexibility index (Phi) is 19.4. The molecule has 0 saturated carbocycles. The summed E-state index contributed by atoms with van der Waals surface area (Å²) in [7, 11) is 0. The van der Waals surface area contributed by atoms with Crippen LogP contribution >= 0.6 is 0 Å². The fourth-order valence-corrected chi connectivity index (χ4v) is 9.74. The van der Waals surface area contributed by atoms with E-state index in [2.05, 4.69) is 103 Å². The lowest BCUT2D eigenvalue weighted by Gasteiger charge is -2.56. The number of rotatable bonds is 26. The molecule has 3 rings (SSSR count). The molecule has 2 saturated heterocycles. The van der Waals surface area contributed by atoms with E-state index in [4.69, 9.17) is 24.6 Å². The number of nitrogens with zero attached hydrogens (tertiary/aromatic N) is 7. The van der Waals surface area contributed by atoms with E-state index in [-0.39, 0.29) is 22.2 Å². The highest BCUT2D eigenvalue weighted by Gasteiger charge is 2.50. The summed E-state index contributed by atoms with van der Waals surface area (Å²) in [5, 5.41) is 4.66. The van der Waals surface area contributed by atoms with Crippen LogP contribution in [0.25, 0.3) is 0 Å². The van der Waals surface area contributed by atoms with Crippen molar-refractivity contribution in [3.63, 3.8) is 0 Å². The van der Waals surface area contributed by atoms with Gasteiger partial charge in [-0.1, -0.05) is 105 Å². The summed E-state index contributed by atoms with van der Waals surface area (Å²) < 4.78 is 0. The van der Waals surface area contributed by atoms with E-state index >= 15 is 0 Å². The number of piperidine rings is 2. The van der Waals surface area contributed by atoms with Gasteiger partial charge in [-0.2, -0.15) is 15.1 Å². The lowest BCUT2D eigenvalue weighted by Crippen LogP contribution is -2.64. The molecule has 0 radical (unpaired) electrons. The molecule has 9 nitrogen and oxygen atoms in total. The summed E-state index contributed by atoms with van der Waals surface area (Å²) in [6.45, 7) is 31.5. The van der Waals surface area contributed by atoms with Crippen molar-refractivity contribution in [1.82, 2.24) is 25.1 Å². The smallest absolute Gasteiger partial charge is 0.230 e. The van der Waals surface area contributed by atoms with Crippen molar-refractivity contribution in [3.05, 3.63) is 6.33 Å². The van der Waals surface area contributed by atoms with Crippen molar-refractivity contribution in [2.24, 2.45) is 0 Å². The third-order valence-corrected chi connectivity index (χ3v) is 12.0.